The fraction of sp³-hybridized carbons (Fsp3) is 0.562. The molecule has 114 valence electrons. The monoisotopic (exact) mass is 306 g/mol. The average molecular weight is 306 g/mol. The van der Waals surface area contributed by atoms with Crippen LogP contribution in [0.2, 0.25) is 0 Å². The van der Waals surface area contributed by atoms with E-state index in [0.29, 0.717) is 5.69 Å². The lowest BCUT2D eigenvalue weighted by Gasteiger charge is -2.38. The molecule has 0 radical (unpaired) electrons. The SMILES string of the molecule is CC1(C)CC(NC(=O)C2CCCS2)c2cc(N)ccc2O1. The molecule has 2 heterocycles. The van der Waals surface area contributed by atoms with Gasteiger partial charge in [-0.2, -0.15) is 0 Å². The maximum Gasteiger partial charge on any atom is 0.233 e. The first kappa shape index (κ1) is 14.6. The number of hydrogen-bond acceptors (Lipinski definition) is 4. The zero-order valence-corrected chi connectivity index (χ0v) is 13.3. The molecule has 0 aromatic heterocycles. The summed E-state index contributed by atoms with van der Waals surface area (Å²) in [6.45, 7) is 4.10. The van der Waals surface area contributed by atoms with Gasteiger partial charge in [-0.1, -0.05) is 0 Å². The summed E-state index contributed by atoms with van der Waals surface area (Å²) in [5.74, 6) is 2.05. The van der Waals surface area contributed by atoms with Gasteiger partial charge in [-0.25, -0.2) is 0 Å². The van der Waals surface area contributed by atoms with E-state index in [1.54, 1.807) is 11.8 Å². The number of ether oxygens (including phenoxy) is 1. The van der Waals surface area contributed by atoms with Crippen LogP contribution < -0.4 is 15.8 Å². The number of nitrogens with two attached hydrogens (primary N) is 1. The van der Waals surface area contributed by atoms with E-state index in [-0.39, 0.29) is 22.8 Å². The molecule has 1 saturated heterocycles. The molecule has 3 rings (SSSR count). The molecule has 1 amide bonds. The van der Waals surface area contributed by atoms with Crippen molar-refractivity contribution < 1.29 is 9.53 Å². The second-order valence-electron chi connectivity index (χ2n) is 6.43. The lowest BCUT2D eigenvalue weighted by Crippen LogP contribution is -2.43. The highest BCUT2D eigenvalue weighted by molar-refractivity contribution is 8.00. The van der Waals surface area contributed by atoms with E-state index >= 15 is 0 Å². The minimum Gasteiger partial charge on any atom is -0.487 e. The molecule has 2 unspecified atom stereocenters. The van der Waals surface area contributed by atoms with Crippen molar-refractivity contribution in [3.63, 3.8) is 0 Å². The van der Waals surface area contributed by atoms with Crippen LogP contribution in [0.25, 0.3) is 0 Å². The summed E-state index contributed by atoms with van der Waals surface area (Å²) < 4.78 is 6.00. The number of anilines is 1. The van der Waals surface area contributed by atoms with Crippen molar-refractivity contribution in [2.24, 2.45) is 0 Å². The number of nitrogen functional groups attached to an aromatic ring is 1. The van der Waals surface area contributed by atoms with Crippen LogP contribution in [-0.2, 0) is 4.79 Å². The number of benzene rings is 1. The largest absolute Gasteiger partial charge is 0.487 e. The number of fused-ring (bicyclic) bond motifs is 1. The third-order valence-electron chi connectivity index (χ3n) is 4.03. The number of nitrogens with one attached hydrogen (secondary N) is 1. The van der Waals surface area contributed by atoms with E-state index in [0.717, 1.165) is 36.3 Å². The molecule has 1 aromatic rings. The maximum atomic E-state index is 12.4. The van der Waals surface area contributed by atoms with E-state index < -0.39 is 0 Å². The quantitative estimate of drug-likeness (QED) is 0.825. The smallest absolute Gasteiger partial charge is 0.233 e. The van der Waals surface area contributed by atoms with Crippen LogP contribution in [0.5, 0.6) is 5.75 Å². The lowest BCUT2D eigenvalue weighted by molar-refractivity contribution is -0.121. The zero-order chi connectivity index (χ0) is 15.0. The molecule has 3 N–H and O–H groups in total. The first-order valence-electron chi connectivity index (χ1n) is 7.45. The first-order chi connectivity index (χ1) is 9.94. The molecule has 0 bridgehead atoms. The van der Waals surface area contributed by atoms with E-state index in [9.17, 15) is 4.79 Å². The normalized spacial score (nSPS) is 26.8. The molecular formula is C16H22N2O2S. The summed E-state index contributed by atoms with van der Waals surface area (Å²) in [5.41, 5.74) is 7.30. The Hall–Kier alpha value is -1.36. The van der Waals surface area contributed by atoms with Crippen molar-refractivity contribution in [3.05, 3.63) is 23.8 Å². The van der Waals surface area contributed by atoms with E-state index in [1.807, 2.05) is 18.2 Å². The predicted molar refractivity (Wildman–Crippen MR) is 86.5 cm³/mol. The summed E-state index contributed by atoms with van der Waals surface area (Å²) in [6, 6.07) is 5.62. The number of hydrogen-bond donors (Lipinski definition) is 2. The Morgan fingerprint density at radius 3 is 3.00 bits per heavy atom. The van der Waals surface area contributed by atoms with Crippen molar-refractivity contribution in [1.82, 2.24) is 5.32 Å². The summed E-state index contributed by atoms with van der Waals surface area (Å²) in [7, 11) is 0. The Morgan fingerprint density at radius 2 is 2.29 bits per heavy atom. The number of carbonyl (C=O) groups excluding carboxylic acids is 1. The maximum absolute atomic E-state index is 12.4. The van der Waals surface area contributed by atoms with Gasteiger partial charge in [0.05, 0.1) is 11.3 Å². The molecule has 4 nitrogen and oxygen atoms in total. The highest BCUT2D eigenvalue weighted by Gasteiger charge is 2.36. The Labute approximate surface area is 129 Å². The molecule has 2 aliphatic heterocycles. The van der Waals surface area contributed by atoms with Crippen molar-refractivity contribution in [2.45, 2.75) is 50.0 Å². The fourth-order valence-electron chi connectivity index (χ4n) is 3.05. The summed E-state index contributed by atoms with van der Waals surface area (Å²) in [4.78, 5) is 12.4. The number of carbonyl (C=O) groups is 1. The number of rotatable bonds is 2. The van der Waals surface area contributed by atoms with Gasteiger partial charge >= 0.3 is 0 Å². The van der Waals surface area contributed by atoms with E-state index in [1.165, 1.54) is 0 Å². The standard InChI is InChI=1S/C16H22N2O2S/c1-16(2)9-12(18-15(19)14-4-3-7-21-14)11-8-10(17)5-6-13(11)20-16/h5-6,8,12,14H,3-4,7,9,17H2,1-2H3,(H,18,19). The van der Waals surface area contributed by atoms with Gasteiger partial charge in [-0.3, -0.25) is 4.79 Å². The number of thioether (sulfide) groups is 1. The van der Waals surface area contributed by atoms with Gasteiger partial charge in [-0.05, 0) is 50.6 Å². The van der Waals surface area contributed by atoms with Crippen molar-refractivity contribution in [2.75, 3.05) is 11.5 Å². The average Bonchev–Trinajstić information content (AvgIpc) is 2.93. The van der Waals surface area contributed by atoms with Gasteiger partial charge in [-0.15, -0.1) is 11.8 Å². The van der Waals surface area contributed by atoms with Crippen LogP contribution in [0.15, 0.2) is 18.2 Å². The van der Waals surface area contributed by atoms with Crippen LogP contribution in [0.3, 0.4) is 0 Å². The highest BCUT2D eigenvalue weighted by atomic mass is 32.2. The Kier molecular flexibility index (Phi) is 3.78. The van der Waals surface area contributed by atoms with Crippen LogP contribution >= 0.6 is 11.8 Å². The third-order valence-corrected chi connectivity index (χ3v) is 5.41. The molecule has 1 fully saturated rings. The molecule has 0 aliphatic carbocycles. The van der Waals surface area contributed by atoms with Crippen LogP contribution in [0.4, 0.5) is 5.69 Å². The lowest BCUT2D eigenvalue weighted by atomic mass is 9.89. The Bertz CT molecular complexity index is 553. The predicted octanol–water partition coefficient (Wildman–Crippen LogP) is 2.88. The van der Waals surface area contributed by atoms with Gasteiger partial charge < -0.3 is 15.8 Å². The third kappa shape index (κ3) is 3.12. The second-order valence-corrected chi connectivity index (χ2v) is 7.74. The van der Waals surface area contributed by atoms with Gasteiger partial charge in [0.1, 0.15) is 11.4 Å². The first-order valence-corrected chi connectivity index (χ1v) is 8.50. The van der Waals surface area contributed by atoms with Gasteiger partial charge in [0.25, 0.3) is 0 Å². The van der Waals surface area contributed by atoms with Gasteiger partial charge in [0.2, 0.25) is 5.91 Å². The molecule has 5 heteroatoms. The molecule has 1 aromatic carbocycles. The molecular weight excluding hydrogens is 284 g/mol. The van der Waals surface area contributed by atoms with Crippen molar-refractivity contribution >= 4 is 23.4 Å². The molecule has 2 atom stereocenters. The zero-order valence-electron chi connectivity index (χ0n) is 12.5. The summed E-state index contributed by atoms with van der Waals surface area (Å²) in [5, 5.41) is 3.30. The molecule has 0 spiro atoms. The minimum absolute atomic E-state index is 0.0269. The minimum atomic E-state index is -0.288. The van der Waals surface area contributed by atoms with E-state index in [4.69, 9.17) is 10.5 Å². The Balaban J connectivity index is 1.83. The fourth-order valence-corrected chi connectivity index (χ4v) is 4.22. The topological polar surface area (TPSA) is 64.4 Å². The van der Waals surface area contributed by atoms with E-state index in [2.05, 4.69) is 19.2 Å². The van der Waals surface area contributed by atoms with Crippen molar-refractivity contribution in [1.29, 1.82) is 0 Å². The summed E-state index contributed by atoms with van der Waals surface area (Å²) >= 11 is 1.76. The van der Waals surface area contributed by atoms with Crippen LogP contribution in [0.1, 0.15) is 44.7 Å². The van der Waals surface area contributed by atoms with Crippen LogP contribution in [-0.4, -0.2) is 22.5 Å². The highest BCUT2D eigenvalue weighted by Crippen LogP contribution is 2.40. The molecule has 21 heavy (non-hydrogen) atoms. The van der Waals surface area contributed by atoms with Crippen LogP contribution in [0, 0.1) is 0 Å². The van der Waals surface area contributed by atoms with Crippen molar-refractivity contribution in [3.8, 4) is 5.75 Å². The van der Waals surface area contributed by atoms with Gasteiger partial charge in [0, 0.05) is 17.7 Å². The molecule has 0 saturated carbocycles. The van der Waals surface area contributed by atoms with Gasteiger partial charge in [0.15, 0.2) is 0 Å². The Morgan fingerprint density at radius 1 is 1.48 bits per heavy atom. The molecule has 2 aliphatic rings. The number of amides is 1. The summed E-state index contributed by atoms with van der Waals surface area (Å²) in [6.07, 6.45) is 2.87. The second kappa shape index (κ2) is 5.44.